The standard InChI is InChI=1S/C9H7N3OS/c1-13-6-2-3-7-8(4-6)14-9-11-10-5-12(7)9/h2-5H,1H3. The molecule has 0 fully saturated rings. The van der Waals surface area contributed by atoms with Gasteiger partial charge in [-0.15, -0.1) is 10.2 Å². The molecule has 3 rings (SSSR count). The SMILES string of the molecule is COc1ccc2c(c1)sc1nncn12. The molecule has 0 bridgehead atoms. The summed E-state index contributed by atoms with van der Waals surface area (Å²) in [6.07, 6.45) is 1.72. The fourth-order valence-corrected chi connectivity index (χ4v) is 2.43. The highest BCUT2D eigenvalue weighted by atomic mass is 32.1. The van der Waals surface area contributed by atoms with Crippen molar-refractivity contribution in [3.05, 3.63) is 24.5 Å². The Kier molecular flexibility index (Phi) is 1.49. The van der Waals surface area contributed by atoms with Crippen LogP contribution >= 0.6 is 11.3 Å². The lowest BCUT2D eigenvalue weighted by Crippen LogP contribution is -1.82. The molecule has 2 heterocycles. The topological polar surface area (TPSA) is 39.4 Å². The van der Waals surface area contributed by atoms with Crippen molar-refractivity contribution in [2.75, 3.05) is 7.11 Å². The lowest BCUT2D eigenvalue weighted by molar-refractivity contribution is 0.415. The molecule has 0 atom stereocenters. The van der Waals surface area contributed by atoms with E-state index in [4.69, 9.17) is 4.74 Å². The van der Waals surface area contributed by atoms with Gasteiger partial charge in [0.1, 0.15) is 12.1 Å². The third-order valence-electron chi connectivity index (χ3n) is 2.14. The van der Waals surface area contributed by atoms with Gasteiger partial charge in [-0.05, 0) is 18.2 Å². The van der Waals surface area contributed by atoms with Gasteiger partial charge in [-0.1, -0.05) is 11.3 Å². The number of nitrogens with zero attached hydrogens (tertiary/aromatic N) is 3. The molecule has 3 aromatic rings. The van der Waals surface area contributed by atoms with Crippen LogP contribution in [0.3, 0.4) is 0 Å². The summed E-state index contributed by atoms with van der Waals surface area (Å²) in [6.45, 7) is 0. The molecule has 0 amide bonds. The van der Waals surface area contributed by atoms with Gasteiger partial charge < -0.3 is 4.74 Å². The second kappa shape index (κ2) is 2.68. The van der Waals surface area contributed by atoms with Gasteiger partial charge in [0, 0.05) is 0 Å². The van der Waals surface area contributed by atoms with Crippen molar-refractivity contribution in [3.8, 4) is 5.75 Å². The number of fused-ring (bicyclic) bond motifs is 3. The van der Waals surface area contributed by atoms with Crippen LogP contribution in [0, 0.1) is 0 Å². The highest BCUT2D eigenvalue weighted by molar-refractivity contribution is 7.23. The van der Waals surface area contributed by atoms with E-state index >= 15 is 0 Å². The van der Waals surface area contributed by atoms with E-state index in [1.54, 1.807) is 24.8 Å². The van der Waals surface area contributed by atoms with E-state index in [1.807, 2.05) is 22.6 Å². The van der Waals surface area contributed by atoms with Gasteiger partial charge in [0.2, 0.25) is 4.96 Å². The number of thiazole rings is 1. The number of ether oxygens (including phenoxy) is 1. The van der Waals surface area contributed by atoms with Crippen LogP contribution in [0.15, 0.2) is 24.5 Å². The molecule has 2 aromatic heterocycles. The number of aromatic nitrogens is 3. The van der Waals surface area contributed by atoms with Gasteiger partial charge in [-0.3, -0.25) is 4.40 Å². The van der Waals surface area contributed by atoms with Gasteiger partial charge in [0.25, 0.3) is 0 Å². The Balaban J connectivity index is 2.43. The molecule has 14 heavy (non-hydrogen) atoms. The van der Waals surface area contributed by atoms with E-state index in [0.29, 0.717) is 0 Å². The minimum Gasteiger partial charge on any atom is -0.497 e. The van der Waals surface area contributed by atoms with Gasteiger partial charge in [0.15, 0.2) is 0 Å². The lowest BCUT2D eigenvalue weighted by Gasteiger charge is -1.97. The van der Waals surface area contributed by atoms with Crippen LogP contribution in [0.2, 0.25) is 0 Å². The first-order valence-electron chi connectivity index (χ1n) is 4.15. The Labute approximate surface area is 83.8 Å². The molecule has 5 heteroatoms. The van der Waals surface area contributed by atoms with Crippen molar-refractivity contribution in [2.45, 2.75) is 0 Å². The average molecular weight is 205 g/mol. The molecule has 1 aromatic carbocycles. The predicted molar refractivity (Wildman–Crippen MR) is 54.9 cm³/mol. The third kappa shape index (κ3) is 0.927. The molecule has 0 unspecified atom stereocenters. The van der Waals surface area contributed by atoms with Crippen molar-refractivity contribution < 1.29 is 4.74 Å². The van der Waals surface area contributed by atoms with E-state index < -0.39 is 0 Å². The molecular formula is C9H7N3OS. The van der Waals surface area contributed by atoms with Crippen LogP contribution in [0.5, 0.6) is 5.75 Å². The van der Waals surface area contributed by atoms with Crippen LogP contribution in [-0.4, -0.2) is 21.7 Å². The van der Waals surface area contributed by atoms with Crippen LogP contribution < -0.4 is 4.74 Å². The average Bonchev–Trinajstić information content (AvgIpc) is 2.75. The molecule has 0 saturated carbocycles. The molecule has 0 radical (unpaired) electrons. The van der Waals surface area contributed by atoms with Gasteiger partial charge in [-0.2, -0.15) is 0 Å². The molecule has 0 spiro atoms. The van der Waals surface area contributed by atoms with Crippen molar-refractivity contribution >= 4 is 26.5 Å². The second-order valence-corrected chi connectivity index (χ2v) is 3.93. The summed E-state index contributed by atoms with van der Waals surface area (Å²) in [4.78, 5) is 0.910. The first kappa shape index (κ1) is 7.75. The van der Waals surface area contributed by atoms with E-state index in [9.17, 15) is 0 Å². The zero-order valence-corrected chi connectivity index (χ0v) is 8.28. The molecule has 0 aliphatic carbocycles. The Morgan fingerprint density at radius 2 is 2.36 bits per heavy atom. The predicted octanol–water partition coefficient (Wildman–Crippen LogP) is 1.95. The minimum atomic E-state index is 0.870. The first-order valence-corrected chi connectivity index (χ1v) is 4.96. The zero-order chi connectivity index (χ0) is 9.54. The normalized spacial score (nSPS) is 11.2. The largest absolute Gasteiger partial charge is 0.497 e. The number of methoxy groups -OCH3 is 1. The molecule has 0 aliphatic rings. The number of rotatable bonds is 1. The lowest BCUT2D eigenvalue weighted by atomic mass is 10.3. The van der Waals surface area contributed by atoms with E-state index in [0.717, 1.165) is 20.9 Å². The maximum absolute atomic E-state index is 5.16. The highest BCUT2D eigenvalue weighted by Gasteiger charge is 2.06. The summed E-state index contributed by atoms with van der Waals surface area (Å²) in [7, 11) is 1.67. The van der Waals surface area contributed by atoms with Crippen LogP contribution in [-0.2, 0) is 0 Å². The summed E-state index contributed by atoms with van der Waals surface area (Å²) in [5.74, 6) is 0.870. The quantitative estimate of drug-likeness (QED) is 0.609. The Bertz CT molecular complexity index is 598. The zero-order valence-electron chi connectivity index (χ0n) is 7.47. The molecular weight excluding hydrogens is 198 g/mol. The second-order valence-electron chi connectivity index (χ2n) is 2.92. The Morgan fingerprint density at radius 1 is 1.43 bits per heavy atom. The van der Waals surface area contributed by atoms with E-state index in [-0.39, 0.29) is 0 Å². The number of hydrogen-bond donors (Lipinski definition) is 0. The highest BCUT2D eigenvalue weighted by Crippen LogP contribution is 2.28. The minimum absolute atomic E-state index is 0.870. The fourth-order valence-electron chi connectivity index (χ4n) is 1.46. The molecule has 70 valence electrons. The smallest absolute Gasteiger partial charge is 0.217 e. The van der Waals surface area contributed by atoms with Crippen LogP contribution in [0.25, 0.3) is 15.2 Å². The van der Waals surface area contributed by atoms with E-state index in [1.165, 1.54) is 0 Å². The Hall–Kier alpha value is -1.62. The molecule has 4 nitrogen and oxygen atoms in total. The first-order chi connectivity index (χ1) is 6.88. The van der Waals surface area contributed by atoms with Crippen LogP contribution in [0.1, 0.15) is 0 Å². The van der Waals surface area contributed by atoms with Crippen LogP contribution in [0.4, 0.5) is 0 Å². The van der Waals surface area contributed by atoms with E-state index in [2.05, 4.69) is 10.2 Å². The summed E-state index contributed by atoms with van der Waals surface area (Å²) in [5.41, 5.74) is 1.12. The summed E-state index contributed by atoms with van der Waals surface area (Å²) < 4.78 is 8.29. The summed E-state index contributed by atoms with van der Waals surface area (Å²) in [5, 5.41) is 7.85. The van der Waals surface area contributed by atoms with Crippen molar-refractivity contribution in [1.82, 2.24) is 14.6 Å². The summed E-state index contributed by atoms with van der Waals surface area (Å²) >= 11 is 1.61. The Morgan fingerprint density at radius 3 is 3.21 bits per heavy atom. The van der Waals surface area contributed by atoms with Gasteiger partial charge in [0.05, 0.1) is 17.3 Å². The molecule has 0 N–H and O–H groups in total. The monoisotopic (exact) mass is 205 g/mol. The third-order valence-corrected chi connectivity index (χ3v) is 3.15. The number of hydrogen-bond acceptors (Lipinski definition) is 4. The maximum atomic E-state index is 5.16. The fraction of sp³-hybridized carbons (Fsp3) is 0.111. The maximum Gasteiger partial charge on any atom is 0.217 e. The summed E-state index contributed by atoms with van der Waals surface area (Å²) in [6, 6.07) is 5.96. The van der Waals surface area contributed by atoms with Crippen molar-refractivity contribution in [1.29, 1.82) is 0 Å². The van der Waals surface area contributed by atoms with Gasteiger partial charge in [-0.25, -0.2) is 0 Å². The van der Waals surface area contributed by atoms with Gasteiger partial charge >= 0.3 is 0 Å². The molecule has 0 aliphatic heterocycles. The molecule has 0 saturated heterocycles. The van der Waals surface area contributed by atoms with Crippen molar-refractivity contribution in [3.63, 3.8) is 0 Å². The number of benzene rings is 1. The van der Waals surface area contributed by atoms with Crippen molar-refractivity contribution in [2.24, 2.45) is 0 Å².